The quantitative estimate of drug-likeness (QED) is 0.864. The van der Waals surface area contributed by atoms with Crippen molar-refractivity contribution in [1.82, 2.24) is 0 Å². The highest BCUT2D eigenvalue weighted by Gasteiger charge is 2.45. The van der Waals surface area contributed by atoms with Crippen LogP contribution in [0.3, 0.4) is 0 Å². The van der Waals surface area contributed by atoms with Crippen LogP contribution in [0, 0.1) is 0 Å². The van der Waals surface area contributed by atoms with Crippen LogP contribution in [-0.4, -0.2) is 30.8 Å². The van der Waals surface area contributed by atoms with E-state index in [-0.39, 0.29) is 11.6 Å². The molecule has 2 aliphatic heterocycles. The molecule has 2 N–H and O–H groups in total. The maximum absolute atomic E-state index is 6.12. The summed E-state index contributed by atoms with van der Waals surface area (Å²) in [7, 11) is 0. The lowest BCUT2D eigenvalue weighted by atomic mass is 9.85. The Balaban J connectivity index is 1.96. The number of anilines is 1. The van der Waals surface area contributed by atoms with E-state index in [9.17, 15) is 0 Å². The molecule has 19 heavy (non-hydrogen) atoms. The molecule has 4 nitrogen and oxygen atoms in total. The Morgan fingerprint density at radius 2 is 2.16 bits per heavy atom. The van der Waals surface area contributed by atoms with Gasteiger partial charge < -0.3 is 15.4 Å². The van der Waals surface area contributed by atoms with E-state index in [1.165, 1.54) is 0 Å². The van der Waals surface area contributed by atoms with Gasteiger partial charge in [-0.2, -0.15) is 0 Å². The van der Waals surface area contributed by atoms with Crippen molar-refractivity contribution in [1.29, 1.82) is 0 Å². The van der Waals surface area contributed by atoms with Crippen LogP contribution in [0.5, 0.6) is 0 Å². The standard InChI is InChI=1S/C14H18BrN3O/c1-10-8-14(6-7-19-10)9-17-13(16)18(14)12-4-2-11(15)3-5-12/h2-5,10H,6-9H2,1H3,(H2,16,17). The molecule has 0 radical (unpaired) electrons. The van der Waals surface area contributed by atoms with Crippen LogP contribution < -0.4 is 10.6 Å². The minimum atomic E-state index is -0.00439. The highest BCUT2D eigenvalue weighted by Crippen LogP contribution is 2.38. The van der Waals surface area contributed by atoms with Crippen molar-refractivity contribution in [2.24, 2.45) is 10.7 Å². The third-order valence-corrected chi connectivity index (χ3v) is 4.49. The topological polar surface area (TPSA) is 50.9 Å². The monoisotopic (exact) mass is 323 g/mol. The summed E-state index contributed by atoms with van der Waals surface area (Å²) in [6.07, 6.45) is 2.19. The Morgan fingerprint density at radius 1 is 1.42 bits per heavy atom. The van der Waals surface area contributed by atoms with E-state index in [0.29, 0.717) is 5.96 Å². The molecule has 1 saturated heterocycles. The van der Waals surface area contributed by atoms with Gasteiger partial charge in [-0.1, -0.05) is 15.9 Å². The fraction of sp³-hybridized carbons (Fsp3) is 0.500. The molecule has 3 rings (SSSR count). The summed E-state index contributed by atoms with van der Waals surface area (Å²) < 4.78 is 6.75. The number of nitrogens with two attached hydrogens (primary N) is 1. The molecule has 1 aromatic carbocycles. The van der Waals surface area contributed by atoms with Crippen LogP contribution in [0.2, 0.25) is 0 Å². The SMILES string of the molecule is CC1CC2(CCO1)CN=C(N)N2c1ccc(Br)cc1. The zero-order valence-electron chi connectivity index (χ0n) is 11.0. The predicted octanol–water partition coefficient (Wildman–Crippen LogP) is 2.52. The molecule has 2 aliphatic rings. The summed E-state index contributed by atoms with van der Waals surface area (Å²) in [5.74, 6) is 0.622. The predicted molar refractivity (Wildman–Crippen MR) is 80.5 cm³/mol. The third-order valence-electron chi connectivity index (χ3n) is 3.96. The zero-order valence-corrected chi connectivity index (χ0v) is 12.6. The van der Waals surface area contributed by atoms with Gasteiger partial charge in [0.05, 0.1) is 18.2 Å². The first-order valence-corrected chi connectivity index (χ1v) is 7.37. The largest absolute Gasteiger partial charge is 0.378 e. The fourth-order valence-electron chi connectivity index (χ4n) is 3.10. The lowest BCUT2D eigenvalue weighted by Gasteiger charge is -2.44. The summed E-state index contributed by atoms with van der Waals surface area (Å²) in [5, 5.41) is 0. The van der Waals surface area contributed by atoms with Crippen LogP contribution in [0.1, 0.15) is 19.8 Å². The van der Waals surface area contributed by atoms with Crippen LogP contribution in [0.25, 0.3) is 0 Å². The van der Waals surface area contributed by atoms with E-state index < -0.39 is 0 Å². The first-order valence-electron chi connectivity index (χ1n) is 6.58. The number of benzene rings is 1. The van der Waals surface area contributed by atoms with E-state index in [2.05, 4.69) is 44.9 Å². The van der Waals surface area contributed by atoms with Gasteiger partial charge in [-0.15, -0.1) is 0 Å². The zero-order chi connectivity index (χ0) is 13.5. The maximum Gasteiger partial charge on any atom is 0.196 e. The minimum absolute atomic E-state index is 0.00439. The van der Waals surface area contributed by atoms with Crippen molar-refractivity contribution in [3.8, 4) is 0 Å². The molecule has 0 saturated carbocycles. The number of hydrogen-bond donors (Lipinski definition) is 1. The summed E-state index contributed by atoms with van der Waals surface area (Å²) in [5.41, 5.74) is 7.23. The van der Waals surface area contributed by atoms with Gasteiger partial charge in [0.1, 0.15) is 0 Å². The van der Waals surface area contributed by atoms with Crippen LogP contribution in [0.15, 0.2) is 33.7 Å². The second kappa shape index (κ2) is 4.80. The molecular weight excluding hydrogens is 306 g/mol. The number of nitrogens with zero attached hydrogens (tertiary/aromatic N) is 2. The first kappa shape index (κ1) is 12.9. The summed E-state index contributed by atoms with van der Waals surface area (Å²) in [6, 6.07) is 8.24. The smallest absolute Gasteiger partial charge is 0.196 e. The van der Waals surface area contributed by atoms with Crippen molar-refractivity contribution in [2.45, 2.75) is 31.4 Å². The fourth-order valence-corrected chi connectivity index (χ4v) is 3.37. The van der Waals surface area contributed by atoms with E-state index in [0.717, 1.165) is 36.2 Å². The Kier molecular flexibility index (Phi) is 3.27. The molecule has 102 valence electrons. The second-order valence-electron chi connectivity index (χ2n) is 5.35. The van der Waals surface area contributed by atoms with E-state index in [4.69, 9.17) is 10.5 Å². The average Bonchev–Trinajstić information content (AvgIpc) is 2.68. The van der Waals surface area contributed by atoms with Crippen LogP contribution >= 0.6 is 15.9 Å². The van der Waals surface area contributed by atoms with E-state index >= 15 is 0 Å². The normalized spacial score (nSPS) is 30.7. The van der Waals surface area contributed by atoms with Gasteiger partial charge in [-0.05, 0) is 44.0 Å². The Morgan fingerprint density at radius 3 is 2.84 bits per heavy atom. The molecule has 1 aromatic rings. The number of guanidine groups is 1. The average molecular weight is 324 g/mol. The summed E-state index contributed by atoms with van der Waals surface area (Å²) in [6.45, 7) is 3.66. The molecular formula is C14H18BrN3O. The molecule has 5 heteroatoms. The molecule has 2 atom stereocenters. The number of ether oxygens (including phenoxy) is 1. The van der Waals surface area contributed by atoms with Gasteiger partial charge in [0, 0.05) is 16.8 Å². The van der Waals surface area contributed by atoms with Crippen molar-refractivity contribution in [3.63, 3.8) is 0 Å². The second-order valence-corrected chi connectivity index (χ2v) is 6.26. The van der Waals surface area contributed by atoms with Crippen molar-refractivity contribution in [3.05, 3.63) is 28.7 Å². The Bertz CT molecular complexity index is 502. The van der Waals surface area contributed by atoms with Gasteiger partial charge in [0.15, 0.2) is 5.96 Å². The number of hydrogen-bond acceptors (Lipinski definition) is 4. The summed E-state index contributed by atoms with van der Waals surface area (Å²) in [4.78, 5) is 6.67. The summed E-state index contributed by atoms with van der Waals surface area (Å²) >= 11 is 3.47. The van der Waals surface area contributed by atoms with Gasteiger partial charge >= 0.3 is 0 Å². The van der Waals surface area contributed by atoms with Gasteiger partial charge in [0.25, 0.3) is 0 Å². The van der Waals surface area contributed by atoms with Gasteiger partial charge in [0.2, 0.25) is 0 Å². The molecule has 2 heterocycles. The highest BCUT2D eigenvalue weighted by atomic mass is 79.9. The van der Waals surface area contributed by atoms with Crippen molar-refractivity contribution < 1.29 is 4.74 Å². The van der Waals surface area contributed by atoms with Crippen molar-refractivity contribution >= 4 is 27.6 Å². The maximum atomic E-state index is 6.12. The molecule has 2 unspecified atom stereocenters. The first-order chi connectivity index (χ1) is 9.11. The Labute approximate surface area is 121 Å². The number of aliphatic imine (C=N–C) groups is 1. The van der Waals surface area contributed by atoms with Crippen LogP contribution in [0.4, 0.5) is 5.69 Å². The minimum Gasteiger partial charge on any atom is -0.378 e. The van der Waals surface area contributed by atoms with Gasteiger partial charge in [-0.3, -0.25) is 4.99 Å². The third kappa shape index (κ3) is 2.25. The van der Waals surface area contributed by atoms with Crippen molar-refractivity contribution in [2.75, 3.05) is 18.1 Å². The molecule has 0 bridgehead atoms. The Hall–Kier alpha value is -1.07. The van der Waals surface area contributed by atoms with Gasteiger partial charge in [-0.25, -0.2) is 0 Å². The molecule has 1 spiro atoms. The number of rotatable bonds is 1. The molecule has 0 aromatic heterocycles. The molecule has 1 fully saturated rings. The molecule has 0 aliphatic carbocycles. The number of halogens is 1. The lowest BCUT2D eigenvalue weighted by molar-refractivity contribution is -0.00246. The van der Waals surface area contributed by atoms with E-state index in [1.807, 2.05) is 12.1 Å². The highest BCUT2D eigenvalue weighted by molar-refractivity contribution is 9.10. The van der Waals surface area contributed by atoms with E-state index in [1.54, 1.807) is 0 Å². The molecule has 0 amide bonds. The van der Waals surface area contributed by atoms with Crippen LogP contribution in [-0.2, 0) is 4.74 Å². The lowest BCUT2D eigenvalue weighted by Crippen LogP contribution is -2.56.